The van der Waals surface area contributed by atoms with Crippen molar-refractivity contribution in [2.24, 2.45) is 0 Å². The van der Waals surface area contributed by atoms with E-state index in [9.17, 15) is 9.59 Å². The first-order valence-corrected chi connectivity index (χ1v) is 14.6. The number of ether oxygens (including phenoxy) is 2. The van der Waals surface area contributed by atoms with Gasteiger partial charge in [-0.15, -0.1) is 11.8 Å². The highest BCUT2D eigenvalue weighted by molar-refractivity contribution is 8.01. The Kier molecular flexibility index (Phi) is 8.76. The summed E-state index contributed by atoms with van der Waals surface area (Å²) < 4.78 is 10.5. The van der Waals surface area contributed by atoms with Crippen LogP contribution in [0.15, 0.2) is 53.4 Å². The van der Waals surface area contributed by atoms with Crippen LogP contribution in [0, 0.1) is 0 Å². The Balaban J connectivity index is 1.83. The minimum Gasteiger partial charge on any atom is -0.460 e. The van der Waals surface area contributed by atoms with Crippen molar-refractivity contribution in [2.45, 2.75) is 57.2 Å². The number of benzene rings is 2. The molecule has 0 unspecified atom stereocenters. The van der Waals surface area contributed by atoms with Crippen LogP contribution in [-0.4, -0.2) is 38.0 Å². The predicted octanol–water partition coefficient (Wildman–Crippen LogP) is 5.00. The zero-order chi connectivity index (χ0) is 23.1. The van der Waals surface area contributed by atoms with Crippen LogP contribution in [0.3, 0.4) is 0 Å². The summed E-state index contributed by atoms with van der Waals surface area (Å²) >= 11 is 1.82. The van der Waals surface area contributed by atoms with Crippen molar-refractivity contribution in [1.82, 2.24) is 0 Å². The number of carbonyl (C=O) groups excluding carboxylic acids is 2. The molecule has 0 atom stereocenters. The fourth-order valence-corrected chi connectivity index (χ4v) is 6.99. The smallest absolute Gasteiger partial charge is 0.311 e. The second-order valence-electron chi connectivity index (χ2n) is 9.03. The highest BCUT2D eigenvalue weighted by Gasteiger charge is 2.23. The topological polar surface area (TPSA) is 64.6 Å². The van der Waals surface area contributed by atoms with Crippen LogP contribution in [0.5, 0.6) is 5.75 Å². The Morgan fingerprint density at radius 1 is 0.935 bits per heavy atom. The Bertz CT molecular complexity index is 874. The summed E-state index contributed by atoms with van der Waals surface area (Å²) in [4.78, 5) is 24.8. The first-order chi connectivity index (χ1) is 14.5. The third-order valence-corrected chi connectivity index (χ3v) is 10.5. The molecule has 0 fully saturated rings. The van der Waals surface area contributed by atoms with Crippen molar-refractivity contribution in [3.05, 3.63) is 48.5 Å². The number of esters is 2. The number of carbonyl (C=O) groups is 2. The molecule has 7 heteroatoms. The Hall–Kier alpha value is -2.25. The Labute approximate surface area is 190 Å². The average Bonchev–Trinajstić information content (AvgIpc) is 2.70. The van der Waals surface area contributed by atoms with Gasteiger partial charge in [-0.3, -0.25) is 9.59 Å². The van der Waals surface area contributed by atoms with Gasteiger partial charge in [-0.2, -0.15) is 0 Å². The van der Waals surface area contributed by atoms with Gasteiger partial charge in [0, 0.05) is 17.6 Å². The molecule has 0 saturated heterocycles. The molecule has 0 heterocycles. The maximum absolute atomic E-state index is 12.0. The van der Waals surface area contributed by atoms with Gasteiger partial charge in [-0.1, -0.05) is 30.4 Å². The fraction of sp³-hybridized carbons (Fsp3) is 0.417. The van der Waals surface area contributed by atoms with Gasteiger partial charge in [0.05, 0.1) is 20.9 Å². The van der Waals surface area contributed by atoms with Gasteiger partial charge >= 0.3 is 11.9 Å². The standard InChI is InChI=1S/C24H33NO4SSi/c1-24(2,3)29-23(27)16-15-22(26)28-19-9-11-20(12-10-19)30-17-31(5,6)21-13-7-18(25-4)8-14-21/h7-14,25H,15-17H2,1-6H3. The molecule has 0 aliphatic carbocycles. The van der Waals surface area contributed by atoms with Crippen LogP contribution < -0.4 is 15.2 Å². The largest absolute Gasteiger partial charge is 0.460 e. The van der Waals surface area contributed by atoms with E-state index in [1.807, 2.05) is 30.9 Å². The van der Waals surface area contributed by atoms with E-state index in [1.54, 1.807) is 32.9 Å². The van der Waals surface area contributed by atoms with E-state index < -0.39 is 25.6 Å². The first-order valence-electron chi connectivity index (χ1n) is 10.4. The van der Waals surface area contributed by atoms with Crippen LogP contribution in [0.1, 0.15) is 33.6 Å². The quantitative estimate of drug-likeness (QED) is 0.246. The third kappa shape index (κ3) is 8.79. The number of hydrogen-bond acceptors (Lipinski definition) is 6. The van der Waals surface area contributed by atoms with Crippen molar-refractivity contribution in [3.63, 3.8) is 0 Å². The second-order valence-corrected chi connectivity index (χ2v) is 15.3. The summed E-state index contributed by atoms with van der Waals surface area (Å²) in [6.07, 6.45) is 0.0105. The molecular formula is C24H33NO4SSi. The van der Waals surface area contributed by atoms with Gasteiger partial charge in [0.25, 0.3) is 0 Å². The lowest BCUT2D eigenvalue weighted by Gasteiger charge is -2.23. The van der Waals surface area contributed by atoms with Crippen LogP contribution >= 0.6 is 11.8 Å². The number of anilines is 1. The van der Waals surface area contributed by atoms with E-state index in [0.717, 1.165) is 16.0 Å². The van der Waals surface area contributed by atoms with Crippen molar-refractivity contribution in [1.29, 1.82) is 0 Å². The lowest BCUT2D eigenvalue weighted by atomic mass is 10.2. The van der Waals surface area contributed by atoms with Crippen LogP contribution in [0.2, 0.25) is 13.1 Å². The molecule has 31 heavy (non-hydrogen) atoms. The zero-order valence-electron chi connectivity index (χ0n) is 19.3. The molecule has 2 aromatic carbocycles. The van der Waals surface area contributed by atoms with E-state index in [2.05, 4.69) is 42.7 Å². The van der Waals surface area contributed by atoms with E-state index in [1.165, 1.54) is 5.19 Å². The first kappa shape index (κ1) is 25.0. The molecule has 0 aliphatic heterocycles. The maximum atomic E-state index is 12.0. The van der Waals surface area contributed by atoms with Crippen LogP contribution in [0.4, 0.5) is 5.69 Å². The molecular weight excluding hydrogens is 426 g/mol. The molecule has 1 N–H and O–H groups in total. The molecule has 2 aromatic rings. The minimum atomic E-state index is -1.57. The van der Waals surface area contributed by atoms with Crippen molar-refractivity contribution in [3.8, 4) is 5.75 Å². The molecule has 0 aromatic heterocycles. The van der Waals surface area contributed by atoms with Gasteiger partial charge in [-0.25, -0.2) is 0 Å². The second kappa shape index (κ2) is 10.9. The van der Waals surface area contributed by atoms with Gasteiger partial charge in [0.15, 0.2) is 0 Å². The van der Waals surface area contributed by atoms with Crippen molar-refractivity contribution < 1.29 is 19.1 Å². The molecule has 0 amide bonds. The minimum absolute atomic E-state index is 0.00244. The summed E-state index contributed by atoms with van der Waals surface area (Å²) in [5, 5.41) is 5.64. The molecule has 0 saturated carbocycles. The summed E-state index contributed by atoms with van der Waals surface area (Å²) in [7, 11) is 0.356. The predicted molar refractivity (Wildman–Crippen MR) is 131 cm³/mol. The number of thioether (sulfide) groups is 1. The summed E-state index contributed by atoms with van der Waals surface area (Å²) in [5.74, 6) is -0.355. The van der Waals surface area contributed by atoms with Gasteiger partial charge in [-0.05, 0) is 62.5 Å². The third-order valence-electron chi connectivity index (χ3n) is 4.56. The fourth-order valence-electron chi connectivity index (χ4n) is 2.82. The summed E-state index contributed by atoms with van der Waals surface area (Å²) in [5.41, 5.74) is 0.569. The number of nitrogens with one attached hydrogen (secondary N) is 1. The van der Waals surface area contributed by atoms with Crippen molar-refractivity contribution in [2.75, 3.05) is 17.7 Å². The van der Waals surface area contributed by atoms with Crippen LogP contribution in [0.25, 0.3) is 0 Å². The number of rotatable bonds is 9. The van der Waals surface area contributed by atoms with Gasteiger partial charge in [0.1, 0.15) is 11.4 Å². The highest BCUT2D eigenvalue weighted by Crippen LogP contribution is 2.25. The summed E-state index contributed by atoms with van der Waals surface area (Å²) in [6, 6.07) is 16.2. The Morgan fingerprint density at radius 2 is 1.52 bits per heavy atom. The van der Waals surface area contributed by atoms with Gasteiger partial charge < -0.3 is 14.8 Å². The molecule has 0 radical (unpaired) electrons. The molecule has 0 aliphatic rings. The zero-order valence-corrected chi connectivity index (χ0v) is 21.1. The van der Waals surface area contributed by atoms with Gasteiger partial charge in [0.2, 0.25) is 0 Å². The Morgan fingerprint density at radius 3 is 2.06 bits per heavy atom. The monoisotopic (exact) mass is 459 g/mol. The van der Waals surface area contributed by atoms with E-state index in [4.69, 9.17) is 9.47 Å². The highest BCUT2D eigenvalue weighted by atomic mass is 32.2. The normalized spacial score (nSPS) is 11.7. The molecule has 0 bridgehead atoms. The number of hydrogen-bond donors (Lipinski definition) is 1. The van der Waals surface area contributed by atoms with Crippen molar-refractivity contribution >= 4 is 42.6 Å². The van der Waals surface area contributed by atoms with E-state index >= 15 is 0 Å². The van der Waals surface area contributed by atoms with Crippen LogP contribution in [-0.2, 0) is 14.3 Å². The molecule has 5 nitrogen and oxygen atoms in total. The molecule has 168 valence electrons. The SMILES string of the molecule is CNc1ccc([Si](C)(C)CSc2ccc(OC(=O)CCC(=O)OC(C)(C)C)cc2)cc1. The average molecular weight is 460 g/mol. The van der Waals surface area contributed by atoms with E-state index in [0.29, 0.717) is 5.75 Å². The maximum Gasteiger partial charge on any atom is 0.311 e. The molecule has 2 rings (SSSR count). The summed E-state index contributed by atoms with van der Waals surface area (Å²) in [6.45, 7) is 10.1. The lowest BCUT2D eigenvalue weighted by Crippen LogP contribution is -2.44. The molecule has 0 spiro atoms. The van der Waals surface area contributed by atoms with E-state index in [-0.39, 0.29) is 12.8 Å². The lowest BCUT2D eigenvalue weighted by molar-refractivity contribution is -0.156.